The van der Waals surface area contributed by atoms with Crippen LogP contribution >= 0.6 is 23.4 Å². The van der Waals surface area contributed by atoms with Crippen LogP contribution in [0.1, 0.15) is 30.0 Å². The van der Waals surface area contributed by atoms with Crippen molar-refractivity contribution < 1.29 is 9.53 Å². The summed E-state index contributed by atoms with van der Waals surface area (Å²) in [6.07, 6.45) is 0. The zero-order valence-electron chi connectivity index (χ0n) is 9.98. The summed E-state index contributed by atoms with van der Waals surface area (Å²) in [6.45, 7) is 4.87. The average Bonchev–Trinajstić information content (AvgIpc) is 2.73. The summed E-state index contributed by atoms with van der Waals surface area (Å²) in [6, 6.07) is 0. The lowest BCUT2D eigenvalue weighted by molar-refractivity contribution is 0.0518. The predicted octanol–water partition coefficient (Wildman–Crippen LogP) is 1.95. The second-order valence-corrected chi connectivity index (χ2v) is 4.82. The van der Waals surface area contributed by atoms with Gasteiger partial charge in [0.1, 0.15) is 0 Å². The van der Waals surface area contributed by atoms with Crippen molar-refractivity contribution in [2.75, 3.05) is 18.1 Å². The van der Waals surface area contributed by atoms with Gasteiger partial charge in [0.25, 0.3) is 0 Å². The highest BCUT2D eigenvalue weighted by atomic mass is 35.5. The van der Waals surface area contributed by atoms with Gasteiger partial charge >= 0.3 is 5.97 Å². The van der Waals surface area contributed by atoms with Crippen LogP contribution in [0.2, 0.25) is 0 Å². The summed E-state index contributed by atoms with van der Waals surface area (Å²) < 4.78 is 6.56. The molecule has 0 aliphatic heterocycles. The third-order valence-corrected chi connectivity index (χ3v) is 3.22. The molecule has 0 unspecified atom stereocenters. The van der Waals surface area contributed by atoms with E-state index < -0.39 is 5.97 Å². The molecule has 0 aliphatic rings. The van der Waals surface area contributed by atoms with Gasteiger partial charge in [-0.15, -0.1) is 16.7 Å². The van der Waals surface area contributed by atoms with Crippen molar-refractivity contribution in [3.05, 3.63) is 11.4 Å². The Morgan fingerprint density at radius 3 is 2.88 bits per heavy atom. The second-order valence-electron chi connectivity index (χ2n) is 3.16. The van der Waals surface area contributed by atoms with E-state index in [4.69, 9.17) is 16.3 Å². The molecule has 1 heterocycles. The molecule has 1 aromatic heterocycles. The molecule has 5 nitrogen and oxygen atoms in total. The van der Waals surface area contributed by atoms with Crippen LogP contribution in [0, 0.1) is 0 Å². The lowest BCUT2D eigenvalue weighted by Gasteiger charge is -2.04. The molecule has 0 atom stereocenters. The van der Waals surface area contributed by atoms with E-state index in [1.165, 1.54) is 0 Å². The summed E-state index contributed by atoms with van der Waals surface area (Å²) in [5.41, 5.74) is 0.852. The largest absolute Gasteiger partial charge is 0.461 e. The minimum absolute atomic E-state index is 0.206. The number of hydrogen-bond acceptors (Lipinski definition) is 5. The number of aromatic nitrogens is 3. The molecule has 17 heavy (non-hydrogen) atoms. The van der Waals surface area contributed by atoms with Gasteiger partial charge in [0, 0.05) is 5.75 Å². The van der Waals surface area contributed by atoms with E-state index in [0.717, 1.165) is 11.5 Å². The zero-order valence-corrected chi connectivity index (χ0v) is 11.6. The van der Waals surface area contributed by atoms with Gasteiger partial charge in [-0.05, 0) is 12.7 Å². The van der Waals surface area contributed by atoms with Gasteiger partial charge in [-0.25, -0.2) is 9.48 Å². The molecule has 0 aliphatic carbocycles. The number of carbonyl (C=O) groups excluding carboxylic acids is 1. The van der Waals surface area contributed by atoms with Gasteiger partial charge in [-0.2, -0.15) is 11.8 Å². The van der Waals surface area contributed by atoms with Crippen molar-refractivity contribution >= 4 is 29.3 Å². The molecular formula is C10H16ClN3O2S. The van der Waals surface area contributed by atoms with E-state index in [1.807, 2.05) is 0 Å². The Kier molecular flexibility index (Phi) is 6.36. The summed E-state index contributed by atoms with van der Waals surface area (Å²) in [5, 5.41) is 7.76. The fourth-order valence-corrected chi connectivity index (χ4v) is 2.15. The highest BCUT2D eigenvalue weighted by Gasteiger charge is 2.19. The standard InChI is InChI=1S/C10H16ClN3O2S/c1-3-16-10(15)9-8(7-11)14(13-12-9)5-6-17-4-2/h3-7H2,1-2H3. The summed E-state index contributed by atoms with van der Waals surface area (Å²) in [7, 11) is 0. The quantitative estimate of drug-likeness (QED) is 0.433. The van der Waals surface area contributed by atoms with Crippen LogP contribution in [0.15, 0.2) is 0 Å². The molecule has 0 aromatic carbocycles. The SMILES string of the molecule is CCOC(=O)c1nnn(CCSCC)c1CCl. The van der Waals surface area contributed by atoms with Crippen LogP contribution < -0.4 is 0 Å². The molecule has 0 amide bonds. The number of thioether (sulfide) groups is 1. The lowest BCUT2D eigenvalue weighted by atomic mass is 10.3. The average molecular weight is 278 g/mol. The number of esters is 1. The fraction of sp³-hybridized carbons (Fsp3) is 0.700. The first-order chi connectivity index (χ1) is 8.24. The van der Waals surface area contributed by atoms with Crippen LogP contribution in [0.4, 0.5) is 0 Å². The van der Waals surface area contributed by atoms with Crippen molar-refractivity contribution in [3.63, 3.8) is 0 Å². The summed E-state index contributed by atoms with van der Waals surface area (Å²) in [4.78, 5) is 11.6. The molecule has 0 saturated carbocycles. The maximum Gasteiger partial charge on any atom is 0.360 e. The van der Waals surface area contributed by atoms with E-state index in [0.29, 0.717) is 18.8 Å². The van der Waals surface area contributed by atoms with Crippen molar-refractivity contribution in [3.8, 4) is 0 Å². The number of rotatable bonds is 7. The molecule has 7 heteroatoms. The Morgan fingerprint density at radius 2 is 2.29 bits per heavy atom. The number of nitrogens with zero attached hydrogens (tertiary/aromatic N) is 3. The first-order valence-corrected chi connectivity index (χ1v) is 7.16. The lowest BCUT2D eigenvalue weighted by Crippen LogP contribution is -2.11. The number of halogens is 1. The van der Waals surface area contributed by atoms with Gasteiger partial charge in [-0.3, -0.25) is 0 Å². The monoisotopic (exact) mass is 277 g/mol. The third kappa shape index (κ3) is 3.89. The van der Waals surface area contributed by atoms with Gasteiger partial charge in [0.15, 0.2) is 5.69 Å². The molecule has 0 bridgehead atoms. The van der Waals surface area contributed by atoms with Crippen LogP contribution in [0.5, 0.6) is 0 Å². The van der Waals surface area contributed by atoms with Gasteiger partial charge in [0.05, 0.1) is 24.7 Å². The van der Waals surface area contributed by atoms with E-state index in [-0.39, 0.29) is 11.6 Å². The minimum Gasteiger partial charge on any atom is -0.461 e. The molecule has 0 fully saturated rings. The summed E-state index contributed by atoms with van der Waals surface area (Å²) >= 11 is 7.62. The Labute approximate surface area is 110 Å². The normalized spacial score (nSPS) is 10.5. The number of hydrogen-bond donors (Lipinski definition) is 0. The zero-order chi connectivity index (χ0) is 12.7. The number of carbonyl (C=O) groups is 1. The Hall–Kier alpha value is -0.750. The highest BCUT2D eigenvalue weighted by Crippen LogP contribution is 2.11. The minimum atomic E-state index is -0.461. The first kappa shape index (κ1) is 14.3. The maximum atomic E-state index is 11.6. The van der Waals surface area contributed by atoms with Crippen molar-refractivity contribution in [2.45, 2.75) is 26.3 Å². The maximum absolute atomic E-state index is 11.6. The van der Waals surface area contributed by atoms with E-state index in [2.05, 4.69) is 17.2 Å². The van der Waals surface area contributed by atoms with Crippen LogP contribution in [-0.4, -0.2) is 39.1 Å². The van der Waals surface area contributed by atoms with Crippen molar-refractivity contribution in [1.82, 2.24) is 15.0 Å². The van der Waals surface area contributed by atoms with Crippen LogP contribution in [-0.2, 0) is 17.2 Å². The molecule has 0 saturated heterocycles. The molecular weight excluding hydrogens is 262 g/mol. The van der Waals surface area contributed by atoms with Gasteiger partial charge in [-0.1, -0.05) is 12.1 Å². The Balaban J connectivity index is 2.76. The molecule has 1 aromatic rings. The summed E-state index contributed by atoms with van der Waals surface area (Å²) in [5.74, 6) is 1.72. The van der Waals surface area contributed by atoms with Crippen LogP contribution in [0.3, 0.4) is 0 Å². The van der Waals surface area contributed by atoms with E-state index in [9.17, 15) is 4.79 Å². The number of alkyl halides is 1. The molecule has 0 radical (unpaired) electrons. The van der Waals surface area contributed by atoms with E-state index in [1.54, 1.807) is 23.4 Å². The number of ether oxygens (including phenoxy) is 1. The van der Waals surface area contributed by atoms with E-state index >= 15 is 0 Å². The van der Waals surface area contributed by atoms with Gasteiger partial charge < -0.3 is 4.74 Å². The topological polar surface area (TPSA) is 57.0 Å². The van der Waals surface area contributed by atoms with Crippen molar-refractivity contribution in [1.29, 1.82) is 0 Å². The fourth-order valence-electron chi connectivity index (χ4n) is 1.30. The highest BCUT2D eigenvalue weighted by molar-refractivity contribution is 7.99. The second kappa shape index (κ2) is 7.55. The molecule has 0 spiro atoms. The third-order valence-electron chi connectivity index (χ3n) is 2.08. The Bertz CT molecular complexity index is 370. The number of aryl methyl sites for hydroxylation is 1. The smallest absolute Gasteiger partial charge is 0.360 e. The predicted molar refractivity (Wildman–Crippen MR) is 68.5 cm³/mol. The van der Waals surface area contributed by atoms with Crippen molar-refractivity contribution in [2.24, 2.45) is 0 Å². The Morgan fingerprint density at radius 1 is 1.53 bits per heavy atom. The van der Waals surface area contributed by atoms with Crippen LogP contribution in [0.25, 0.3) is 0 Å². The molecule has 96 valence electrons. The molecule has 0 N–H and O–H groups in total. The molecule has 1 rings (SSSR count). The first-order valence-electron chi connectivity index (χ1n) is 5.47. The van der Waals surface area contributed by atoms with Gasteiger partial charge in [0.2, 0.25) is 0 Å².